The van der Waals surface area contributed by atoms with Crippen molar-refractivity contribution in [3.63, 3.8) is 0 Å². The monoisotopic (exact) mass is 400 g/mol. The Hall–Kier alpha value is -3.19. The molecule has 1 amide bonds. The highest BCUT2D eigenvalue weighted by atomic mass is 19.4. The van der Waals surface area contributed by atoms with Gasteiger partial charge in [0.05, 0.1) is 4.92 Å². The standard InChI is InChI=1S/C13H7F7N4O3/c1-4-5(24(26)27)2-23(22-4)3-6(25)21-12-10(16)8(14)7(13(18,19)20)9(15)11(12)17/h2H,3H2,1H3,(H,21,25). The van der Waals surface area contributed by atoms with E-state index in [2.05, 4.69) is 5.10 Å². The predicted octanol–water partition coefficient (Wildman–Crippen LogP) is 3.31. The van der Waals surface area contributed by atoms with Crippen LogP contribution in [0.5, 0.6) is 0 Å². The number of amides is 1. The van der Waals surface area contributed by atoms with Crippen LogP contribution in [0.2, 0.25) is 0 Å². The highest BCUT2D eigenvalue weighted by Crippen LogP contribution is 2.38. The van der Waals surface area contributed by atoms with E-state index in [9.17, 15) is 45.6 Å². The van der Waals surface area contributed by atoms with Gasteiger partial charge in [-0.25, -0.2) is 17.6 Å². The van der Waals surface area contributed by atoms with Crippen LogP contribution in [-0.2, 0) is 17.5 Å². The number of nitrogens with zero attached hydrogens (tertiary/aromatic N) is 3. The summed E-state index contributed by atoms with van der Waals surface area (Å²) >= 11 is 0. The molecule has 0 fully saturated rings. The molecule has 1 heterocycles. The average Bonchev–Trinajstić information content (AvgIpc) is 2.89. The van der Waals surface area contributed by atoms with Crippen molar-refractivity contribution in [2.24, 2.45) is 0 Å². The third-order valence-electron chi connectivity index (χ3n) is 3.23. The molecule has 0 unspecified atom stereocenters. The van der Waals surface area contributed by atoms with E-state index >= 15 is 0 Å². The number of hydrogen-bond donors (Lipinski definition) is 1. The summed E-state index contributed by atoms with van der Waals surface area (Å²) in [5.74, 6) is -11.7. The zero-order valence-electron chi connectivity index (χ0n) is 13.0. The number of carbonyl (C=O) groups is 1. The van der Waals surface area contributed by atoms with E-state index in [1.165, 1.54) is 12.2 Å². The Balaban J connectivity index is 2.33. The molecule has 1 aromatic carbocycles. The zero-order valence-corrected chi connectivity index (χ0v) is 13.0. The van der Waals surface area contributed by atoms with Crippen molar-refractivity contribution < 1.29 is 40.5 Å². The summed E-state index contributed by atoms with van der Waals surface area (Å²) in [4.78, 5) is 21.6. The number of nitro groups is 1. The first-order valence-corrected chi connectivity index (χ1v) is 6.76. The second-order valence-electron chi connectivity index (χ2n) is 5.11. The number of aromatic nitrogens is 2. The molecule has 7 nitrogen and oxygen atoms in total. The maximum atomic E-state index is 13.7. The topological polar surface area (TPSA) is 90.1 Å². The highest BCUT2D eigenvalue weighted by Gasteiger charge is 2.42. The minimum atomic E-state index is -5.72. The van der Waals surface area contributed by atoms with Crippen LogP contribution in [0.25, 0.3) is 0 Å². The summed E-state index contributed by atoms with van der Waals surface area (Å²) in [6.07, 6.45) is -4.92. The van der Waals surface area contributed by atoms with Crippen molar-refractivity contribution in [1.82, 2.24) is 9.78 Å². The molecule has 2 aromatic rings. The van der Waals surface area contributed by atoms with Gasteiger partial charge in [0.15, 0.2) is 23.3 Å². The van der Waals surface area contributed by atoms with Crippen molar-refractivity contribution >= 4 is 17.3 Å². The molecular weight excluding hydrogens is 393 g/mol. The predicted molar refractivity (Wildman–Crippen MR) is 73.5 cm³/mol. The molecule has 14 heteroatoms. The molecule has 2 rings (SSSR count). The summed E-state index contributed by atoms with van der Waals surface area (Å²) in [7, 11) is 0. The number of benzene rings is 1. The summed E-state index contributed by atoms with van der Waals surface area (Å²) in [5, 5.41) is 15.6. The van der Waals surface area contributed by atoms with E-state index in [1.807, 2.05) is 0 Å². The Bertz CT molecular complexity index is 910. The fourth-order valence-corrected chi connectivity index (χ4v) is 2.08. The minimum Gasteiger partial charge on any atom is -0.319 e. The molecule has 0 aliphatic heterocycles. The fourth-order valence-electron chi connectivity index (χ4n) is 2.08. The second-order valence-corrected chi connectivity index (χ2v) is 5.11. The van der Waals surface area contributed by atoms with Crippen LogP contribution in [0.1, 0.15) is 11.3 Å². The van der Waals surface area contributed by atoms with Gasteiger partial charge in [0.1, 0.15) is 29.7 Å². The maximum absolute atomic E-state index is 13.7. The van der Waals surface area contributed by atoms with E-state index in [4.69, 9.17) is 0 Å². The molecule has 0 aliphatic carbocycles. The van der Waals surface area contributed by atoms with Crippen LogP contribution in [-0.4, -0.2) is 20.6 Å². The second kappa shape index (κ2) is 6.85. The number of aryl methyl sites for hydroxylation is 1. The van der Waals surface area contributed by atoms with Gasteiger partial charge >= 0.3 is 11.9 Å². The Morgan fingerprint density at radius 2 is 1.70 bits per heavy atom. The van der Waals surface area contributed by atoms with Crippen molar-refractivity contribution in [2.75, 3.05) is 5.32 Å². The zero-order chi connectivity index (χ0) is 20.7. The van der Waals surface area contributed by atoms with Gasteiger partial charge in [-0.15, -0.1) is 0 Å². The Morgan fingerprint density at radius 3 is 2.11 bits per heavy atom. The van der Waals surface area contributed by atoms with E-state index in [0.717, 1.165) is 6.20 Å². The Kier molecular flexibility index (Phi) is 5.10. The lowest BCUT2D eigenvalue weighted by Gasteiger charge is -2.14. The summed E-state index contributed by atoms with van der Waals surface area (Å²) in [5.41, 5.74) is -5.14. The quantitative estimate of drug-likeness (QED) is 0.369. The van der Waals surface area contributed by atoms with E-state index in [0.29, 0.717) is 4.68 Å². The lowest BCUT2D eigenvalue weighted by molar-refractivity contribution is -0.385. The molecular formula is C13H7F7N4O3. The molecule has 0 saturated heterocycles. The van der Waals surface area contributed by atoms with E-state index in [1.54, 1.807) is 0 Å². The van der Waals surface area contributed by atoms with Gasteiger partial charge in [-0.1, -0.05) is 0 Å². The summed E-state index contributed by atoms with van der Waals surface area (Å²) < 4.78 is 92.5. The van der Waals surface area contributed by atoms with Gasteiger partial charge < -0.3 is 5.32 Å². The van der Waals surface area contributed by atoms with Crippen molar-refractivity contribution in [3.05, 3.63) is 50.8 Å². The Labute approximate surface area is 144 Å². The maximum Gasteiger partial charge on any atom is 0.422 e. The van der Waals surface area contributed by atoms with Crippen LogP contribution in [0.15, 0.2) is 6.20 Å². The normalized spacial score (nSPS) is 11.6. The minimum absolute atomic E-state index is 0.100. The molecule has 0 aliphatic rings. The van der Waals surface area contributed by atoms with Gasteiger partial charge in [-0.05, 0) is 6.92 Å². The number of nitrogens with one attached hydrogen (secondary N) is 1. The van der Waals surface area contributed by atoms with Crippen molar-refractivity contribution in [3.8, 4) is 0 Å². The number of hydrogen-bond acceptors (Lipinski definition) is 4. The van der Waals surface area contributed by atoms with E-state index in [-0.39, 0.29) is 5.69 Å². The number of alkyl halides is 3. The third kappa shape index (κ3) is 3.83. The molecule has 0 saturated carbocycles. The number of carbonyl (C=O) groups excluding carboxylic acids is 1. The number of anilines is 1. The number of halogens is 7. The smallest absolute Gasteiger partial charge is 0.319 e. The van der Waals surface area contributed by atoms with Crippen LogP contribution in [0.3, 0.4) is 0 Å². The van der Waals surface area contributed by atoms with Crippen molar-refractivity contribution in [2.45, 2.75) is 19.6 Å². The molecule has 146 valence electrons. The first kappa shape index (κ1) is 20.1. The summed E-state index contributed by atoms with van der Waals surface area (Å²) in [6, 6.07) is 0. The van der Waals surface area contributed by atoms with Crippen LogP contribution >= 0.6 is 0 Å². The molecule has 0 atom stereocenters. The molecule has 0 radical (unpaired) electrons. The van der Waals surface area contributed by atoms with Crippen LogP contribution in [0, 0.1) is 40.3 Å². The molecule has 0 spiro atoms. The van der Waals surface area contributed by atoms with Crippen LogP contribution in [0.4, 0.5) is 42.1 Å². The third-order valence-corrected chi connectivity index (χ3v) is 3.23. The number of rotatable bonds is 4. The highest BCUT2D eigenvalue weighted by molar-refractivity contribution is 5.90. The molecule has 1 N–H and O–H groups in total. The van der Waals surface area contributed by atoms with Gasteiger partial charge in [0.2, 0.25) is 5.91 Å². The summed E-state index contributed by atoms with van der Waals surface area (Å²) in [6.45, 7) is 0.351. The molecule has 1 aromatic heterocycles. The first-order valence-electron chi connectivity index (χ1n) is 6.76. The lowest BCUT2D eigenvalue weighted by atomic mass is 10.1. The fraction of sp³-hybridized carbons (Fsp3) is 0.231. The molecule has 0 bridgehead atoms. The van der Waals surface area contributed by atoms with Gasteiger partial charge in [0, 0.05) is 0 Å². The first-order chi connectivity index (χ1) is 12.3. The van der Waals surface area contributed by atoms with Gasteiger partial charge in [0.25, 0.3) is 0 Å². The largest absolute Gasteiger partial charge is 0.422 e. The van der Waals surface area contributed by atoms with Crippen LogP contribution < -0.4 is 5.32 Å². The average molecular weight is 400 g/mol. The van der Waals surface area contributed by atoms with Gasteiger partial charge in [-0.2, -0.15) is 18.3 Å². The van der Waals surface area contributed by atoms with Crippen molar-refractivity contribution in [1.29, 1.82) is 0 Å². The van der Waals surface area contributed by atoms with Gasteiger partial charge in [-0.3, -0.25) is 19.6 Å². The van der Waals surface area contributed by atoms with E-state index < -0.39 is 63.8 Å². The lowest BCUT2D eigenvalue weighted by Crippen LogP contribution is -2.23. The molecule has 27 heavy (non-hydrogen) atoms. The Morgan fingerprint density at radius 1 is 1.19 bits per heavy atom. The SMILES string of the molecule is Cc1nn(CC(=O)Nc2c(F)c(F)c(C(F)(F)F)c(F)c2F)cc1[N+](=O)[O-].